The molecular weight excluding hydrogens is 132 g/mol. The minimum absolute atomic E-state index is 0.0306. The van der Waals surface area contributed by atoms with Crippen molar-refractivity contribution in [1.82, 2.24) is 9.80 Å². The summed E-state index contributed by atoms with van der Waals surface area (Å²) in [6.07, 6.45) is 0. The average Bonchev–Trinajstić information content (AvgIpc) is 2.13. The van der Waals surface area contributed by atoms with Gasteiger partial charge in [0.1, 0.15) is 6.54 Å². The summed E-state index contributed by atoms with van der Waals surface area (Å²) in [6, 6.07) is 0. The van der Waals surface area contributed by atoms with Gasteiger partial charge in [-0.05, 0) is 0 Å². The van der Waals surface area contributed by atoms with E-state index in [4.69, 9.17) is 0 Å². The van der Waals surface area contributed by atoms with Crippen LogP contribution in [0, 0.1) is 6.92 Å². The van der Waals surface area contributed by atoms with Crippen molar-refractivity contribution < 1.29 is 9.59 Å². The zero-order valence-electron chi connectivity index (χ0n) is 5.83. The van der Waals surface area contributed by atoms with E-state index in [-0.39, 0.29) is 18.4 Å². The second-order valence-corrected chi connectivity index (χ2v) is 2.32. The molecule has 4 heteroatoms. The number of rotatable bonds is 0. The van der Waals surface area contributed by atoms with Crippen molar-refractivity contribution in [3.63, 3.8) is 0 Å². The van der Waals surface area contributed by atoms with Crippen LogP contribution in [-0.2, 0) is 9.59 Å². The lowest BCUT2D eigenvalue weighted by Gasteiger charge is -2.11. The summed E-state index contributed by atoms with van der Waals surface area (Å²) in [6.45, 7) is 3.75. The first-order valence-corrected chi connectivity index (χ1v) is 2.96. The molecule has 1 rings (SSSR count). The summed E-state index contributed by atoms with van der Waals surface area (Å²) in [5.74, 6) is -0.324. The maximum atomic E-state index is 10.8. The molecule has 1 radical (unpaired) electrons. The van der Waals surface area contributed by atoms with Crippen molar-refractivity contribution in [3.05, 3.63) is 6.92 Å². The van der Waals surface area contributed by atoms with Crippen molar-refractivity contribution in [3.8, 4) is 0 Å². The van der Waals surface area contributed by atoms with Gasteiger partial charge in [0.2, 0.25) is 11.8 Å². The predicted octanol–water partition coefficient (Wildman–Crippen LogP) is -0.921. The van der Waals surface area contributed by atoms with E-state index in [1.165, 1.54) is 9.80 Å². The average molecular weight is 141 g/mol. The van der Waals surface area contributed by atoms with Crippen LogP contribution < -0.4 is 0 Å². The maximum Gasteiger partial charge on any atom is 0.243 e. The Balaban J connectivity index is 2.57. The number of carbonyl (C=O) groups is 2. The molecule has 1 saturated heterocycles. The van der Waals surface area contributed by atoms with Crippen LogP contribution >= 0.6 is 0 Å². The summed E-state index contributed by atoms with van der Waals surface area (Å²) >= 11 is 0. The van der Waals surface area contributed by atoms with Crippen molar-refractivity contribution in [2.75, 3.05) is 20.3 Å². The molecular formula is C6H9N2O2. The molecule has 1 aliphatic heterocycles. The van der Waals surface area contributed by atoms with Crippen molar-refractivity contribution >= 4 is 11.8 Å². The van der Waals surface area contributed by atoms with Crippen molar-refractivity contribution in [1.29, 1.82) is 0 Å². The van der Waals surface area contributed by atoms with Crippen molar-refractivity contribution in [2.24, 2.45) is 0 Å². The fourth-order valence-electron chi connectivity index (χ4n) is 0.836. The quantitative estimate of drug-likeness (QED) is 0.437. The molecule has 0 bridgehead atoms. The predicted molar refractivity (Wildman–Crippen MR) is 34.7 cm³/mol. The van der Waals surface area contributed by atoms with Crippen LogP contribution in [0.1, 0.15) is 0 Å². The molecule has 1 fully saturated rings. The molecule has 2 amide bonds. The molecule has 55 valence electrons. The van der Waals surface area contributed by atoms with Gasteiger partial charge in [0.05, 0.1) is 6.67 Å². The Labute approximate surface area is 59.4 Å². The molecule has 0 unspecified atom stereocenters. The highest BCUT2D eigenvalue weighted by molar-refractivity contribution is 5.89. The van der Waals surface area contributed by atoms with Gasteiger partial charge in [0, 0.05) is 14.0 Å². The Bertz CT molecular complexity index is 179. The fourth-order valence-corrected chi connectivity index (χ4v) is 0.836. The van der Waals surface area contributed by atoms with Gasteiger partial charge in [-0.3, -0.25) is 9.59 Å². The molecule has 0 N–H and O–H groups in total. The lowest BCUT2D eigenvalue weighted by molar-refractivity contribution is -0.128. The SMILES string of the molecule is [CH2]C(=O)N1CC(=O)N(C)C1. The van der Waals surface area contributed by atoms with Crippen molar-refractivity contribution in [2.45, 2.75) is 0 Å². The van der Waals surface area contributed by atoms with Crippen LogP contribution in [0.3, 0.4) is 0 Å². The van der Waals surface area contributed by atoms with Crippen LogP contribution in [0.25, 0.3) is 0 Å². The van der Waals surface area contributed by atoms with Gasteiger partial charge in [-0.25, -0.2) is 0 Å². The van der Waals surface area contributed by atoms with Crippen LogP contribution in [0.5, 0.6) is 0 Å². The fraction of sp³-hybridized carbons (Fsp3) is 0.500. The third kappa shape index (κ3) is 1.10. The maximum absolute atomic E-state index is 10.8. The van der Waals surface area contributed by atoms with Crippen LogP contribution in [0.4, 0.5) is 0 Å². The summed E-state index contributed by atoms with van der Waals surface area (Å²) < 4.78 is 0. The molecule has 4 nitrogen and oxygen atoms in total. The smallest absolute Gasteiger partial charge is 0.243 e. The van der Waals surface area contributed by atoms with E-state index < -0.39 is 0 Å². The Morgan fingerprint density at radius 1 is 1.70 bits per heavy atom. The molecule has 10 heavy (non-hydrogen) atoms. The summed E-state index contributed by atoms with van der Waals surface area (Å²) in [5, 5.41) is 0. The van der Waals surface area contributed by atoms with Gasteiger partial charge in [-0.1, -0.05) is 0 Å². The molecule has 0 atom stereocenters. The number of nitrogens with zero attached hydrogens (tertiary/aromatic N) is 2. The first-order chi connectivity index (χ1) is 4.61. The van der Waals surface area contributed by atoms with E-state index in [0.717, 1.165) is 0 Å². The first kappa shape index (κ1) is 7.05. The zero-order valence-corrected chi connectivity index (χ0v) is 5.83. The van der Waals surface area contributed by atoms with Gasteiger partial charge in [0.25, 0.3) is 0 Å². The number of hydrogen-bond acceptors (Lipinski definition) is 2. The summed E-state index contributed by atoms with van der Waals surface area (Å²) in [7, 11) is 1.66. The minimum atomic E-state index is -0.294. The molecule has 1 heterocycles. The zero-order chi connectivity index (χ0) is 7.72. The van der Waals surface area contributed by atoms with Gasteiger partial charge < -0.3 is 9.80 Å². The number of amides is 2. The molecule has 0 aromatic carbocycles. The molecule has 0 spiro atoms. The van der Waals surface area contributed by atoms with Crippen LogP contribution in [0.15, 0.2) is 0 Å². The van der Waals surface area contributed by atoms with E-state index >= 15 is 0 Å². The number of likely N-dealkylation sites (N-methyl/N-ethyl adjacent to an activating group) is 1. The van der Waals surface area contributed by atoms with E-state index in [0.29, 0.717) is 6.67 Å². The normalized spacial score (nSPS) is 18.4. The Kier molecular flexibility index (Phi) is 1.61. The third-order valence-electron chi connectivity index (χ3n) is 1.49. The Hall–Kier alpha value is -1.06. The highest BCUT2D eigenvalue weighted by atomic mass is 16.2. The topological polar surface area (TPSA) is 40.6 Å². The Morgan fingerprint density at radius 2 is 2.30 bits per heavy atom. The summed E-state index contributed by atoms with van der Waals surface area (Å²) in [5.41, 5.74) is 0. The molecule has 0 aliphatic carbocycles. The van der Waals surface area contributed by atoms with Gasteiger partial charge >= 0.3 is 0 Å². The summed E-state index contributed by atoms with van der Waals surface area (Å²) in [4.78, 5) is 24.2. The standard InChI is InChI=1S/C6H9N2O2/c1-5(9)8-3-6(10)7(2)4-8/h1,3-4H2,2H3. The van der Waals surface area contributed by atoms with E-state index in [1.54, 1.807) is 7.05 Å². The largest absolute Gasteiger partial charge is 0.326 e. The molecule has 0 aromatic rings. The van der Waals surface area contributed by atoms with E-state index in [1.807, 2.05) is 0 Å². The highest BCUT2D eigenvalue weighted by Gasteiger charge is 2.25. The number of hydrogen-bond donors (Lipinski definition) is 0. The third-order valence-corrected chi connectivity index (χ3v) is 1.49. The van der Waals surface area contributed by atoms with Gasteiger partial charge in [-0.2, -0.15) is 0 Å². The van der Waals surface area contributed by atoms with Gasteiger partial charge in [-0.15, -0.1) is 0 Å². The molecule has 1 aliphatic rings. The lowest BCUT2D eigenvalue weighted by atomic mass is 10.5. The molecule has 0 saturated carbocycles. The first-order valence-electron chi connectivity index (χ1n) is 2.96. The minimum Gasteiger partial charge on any atom is -0.326 e. The van der Waals surface area contributed by atoms with Crippen LogP contribution in [0.2, 0.25) is 0 Å². The second-order valence-electron chi connectivity index (χ2n) is 2.32. The highest BCUT2D eigenvalue weighted by Crippen LogP contribution is 2.02. The Morgan fingerprint density at radius 3 is 2.50 bits per heavy atom. The van der Waals surface area contributed by atoms with E-state index in [2.05, 4.69) is 6.92 Å². The monoisotopic (exact) mass is 141 g/mol. The molecule has 0 aromatic heterocycles. The van der Waals surface area contributed by atoms with Crippen LogP contribution in [-0.4, -0.2) is 41.9 Å². The number of carbonyl (C=O) groups excluding carboxylic acids is 2. The second kappa shape index (κ2) is 2.28. The van der Waals surface area contributed by atoms with E-state index in [9.17, 15) is 9.59 Å². The van der Waals surface area contributed by atoms with Gasteiger partial charge in [0.15, 0.2) is 0 Å². The lowest BCUT2D eigenvalue weighted by Crippen LogP contribution is -2.27.